The number of fused-ring (bicyclic) bond motifs is 1. The van der Waals surface area contributed by atoms with Gasteiger partial charge in [0.15, 0.2) is 5.65 Å². The molecule has 0 radical (unpaired) electrons. The first kappa shape index (κ1) is 26.0. The summed E-state index contributed by atoms with van der Waals surface area (Å²) in [6, 6.07) is 9.69. The number of aromatic amines is 1. The summed E-state index contributed by atoms with van der Waals surface area (Å²) in [5.41, 5.74) is 5.57. The second-order valence-electron chi connectivity index (χ2n) is 8.57. The van der Waals surface area contributed by atoms with Crippen LogP contribution in [0.4, 0.5) is 30.4 Å². The van der Waals surface area contributed by atoms with E-state index in [1.807, 2.05) is 37.3 Å². The van der Waals surface area contributed by atoms with Gasteiger partial charge in [-0.1, -0.05) is 6.07 Å². The van der Waals surface area contributed by atoms with Gasteiger partial charge in [-0.3, -0.25) is 4.79 Å². The molecule has 0 unspecified atom stereocenters. The van der Waals surface area contributed by atoms with Crippen LogP contribution in [0.15, 0.2) is 49.2 Å². The molecule has 37 heavy (non-hydrogen) atoms. The van der Waals surface area contributed by atoms with Crippen molar-refractivity contribution in [1.82, 2.24) is 30.2 Å². The van der Waals surface area contributed by atoms with Crippen molar-refractivity contribution in [2.24, 2.45) is 5.92 Å². The Morgan fingerprint density at radius 1 is 1.11 bits per heavy atom. The number of hydrogen-bond donors (Lipinski definition) is 4. The van der Waals surface area contributed by atoms with Crippen LogP contribution in [0.3, 0.4) is 0 Å². The van der Waals surface area contributed by atoms with Crippen molar-refractivity contribution in [2.45, 2.75) is 32.9 Å². The van der Waals surface area contributed by atoms with Crippen LogP contribution >= 0.6 is 0 Å². The molecule has 4 aromatic rings. The van der Waals surface area contributed by atoms with E-state index in [4.69, 9.17) is 0 Å². The lowest BCUT2D eigenvalue weighted by Gasteiger charge is -2.22. The Hall–Kier alpha value is -4.06. The number of hydrogen-bond acceptors (Lipinski definition) is 7. The first-order valence-electron chi connectivity index (χ1n) is 11.8. The highest BCUT2D eigenvalue weighted by Crippen LogP contribution is 2.32. The average molecular weight is 513 g/mol. The van der Waals surface area contributed by atoms with Crippen molar-refractivity contribution in [3.05, 3.63) is 54.7 Å². The lowest BCUT2D eigenvalue weighted by atomic mass is 9.94. The van der Waals surface area contributed by atoms with E-state index < -0.39 is 6.68 Å². The number of piperidine rings is 1. The molecule has 9 nitrogen and oxygen atoms in total. The van der Waals surface area contributed by atoms with Crippen LogP contribution in [0.5, 0.6) is 0 Å². The summed E-state index contributed by atoms with van der Waals surface area (Å²) in [5, 5.41) is 9.82. The fourth-order valence-electron chi connectivity index (χ4n) is 4.19. The van der Waals surface area contributed by atoms with Gasteiger partial charge in [-0.25, -0.2) is 19.9 Å². The minimum absolute atomic E-state index is 0.0536. The number of anilines is 3. The molecule has 4 N–H and O–H groups in total. The summed E-state index contributed by atoms with van der Waals surface area (Å²) in [6.07, 6.45) is 7.48. The molecule has 0 saturated carbocycles. The number of nitrogens with zero attached hydrogens (tertiary/aromatic N) is 4. The summed E-state index contributed by atoms with van der Waals surface area (Å²) < 4.78 is 29.0. The summed E-state index contributed by atoms with van der Waals surface area (Å²) in [7, 11) is 0. The number of halogens is 3. The number of aryl methyl sites for hydroxylation is 1. The Balaban J connectivity index is 0.000000747. The predicted molar refractivity (Wildman–Crippen MR) is 135 cm³/mol. The van der Waals surface area contributed by atoms with Gasteiger partial charge in [0.25, 0.3) is 0 Å². The minimum atomic E-state index is -3.67. The number of rotatable bonds is 6. The van der Waals surface area contributed by atoms with E-state index in [1.54, 1.807) is 12.5 Å². The summed E-state index contributed by atoms with van der Waals surface area (Å²) in [4.78, 5) is 33.1. The van der Waals surface area contributed by atoms with E-state index in [9.17, 15) is 18.0 Å². The van der Waals surface area contributed by atoms with Crippen molar-refractivity contribution in [1.29, 1.82) is 0 Å². The van der Waals surface area contributed by atoms with E-state index in [0.717, 1.165) is 59.6 Å². The highest BCUT2D eigenvalue weighted by Gasteiger charge is 2.18. The quantitative estimate of drug-likeness (QED) is 0.288. The van der Waals surface area contributed by atoms with E-state index in [1.165, 1.54) is 6.33 Å². The first-order chi connectivity index (χ1) is 17.9. The molecular weight excluding hydrogens is 485 g/mol. The number of nitrogens with one attached hydrogen (secondary N) is 4. The Morgan fingerprint density at radius 3 is 2.68 bits per heavy atom. The number of H-pyrrole nitrogens is 1. The molecule has 3 aromatic heterocycles. The zero-order valence-corrected chi connectivity index (χ0v) is 20.1. The molecule has 194 valence electrons. The number of pyridine rings is 1. The maximum absolute atomic E-state index is 12.6. The van der Waals surface area contributed by atoms with Crippen LogP contribution in [0.1, 0.15) is 24.8 Å². The Bertz CT molecular complexity index is 1340. The van der Waals surface area contributed by atoms with E-state index >= 15 is 0 Å². The highest BCUT2D eigenvalue weighted by atomic mass is 19.4. The number of aromatic nitrogens is 5. The third kappa shape index (κ3) is 7.00. The van der Waals surface area contributed by atoms with Gasteiger partial charge in [0.2, 0.25) is 5.91 Å². The molecule has 1 aliphatic rings. The van der Waals surface area contributed by atoms with Crippen LogP contribution in [0.2, 0.25) is 0 Å². The molecule has 5 rings (SSSR count). The third-order valence-electron chi connectivity index (χ3n) is 5.99. The fourth-order valence-corrected chi connectivity index (χ4v) is 4.19. The van der Waals surface area contributed by atoms with Gasteiger partial charge in [-0.05, 0) is 68.6 Å². The molecule has 12 heteroatoms. The Morgan fingerprint density at radius 2 is 1.89 bits per heavy atom. The Labute approximate surface area is 211 Å². The molecule has 0 aliphatic carbocycles. The fraction of sp³-hybridized carbons (Fsp3) is 0.320. The van der Waals surface area contributed by atoms with Gasteiger partial charge >= 0.3 is 6.68 Å². The van der Waals surface area contributed by atoms with Gasteiger partial charge < -0.3 is 20.9 Å². The van der Waals surface area contributed by atoms with Crippen LogP contribution in [0, 0.1) is 12.8 Å². The van der Waals surface area contributed by atoms with Crippen molar-refractivity contribution in [2.75, 3.05) is 23.7 Å². The van der Waals surface area contributed by atoms with Gasteiger partial charge in [0, 0.05) is 29.6 Å². The van der Waals surface area contributed by atoms with Crippen molar-refractivity contribution < 1.29 is 18.0 Å². The van der Waals surface area contributed by atoms with E-state index in [2.05, 4.69) is 40.9 Å². The maximum Gasteiger partial charge on any atom is 0.379 e. The van der Waals surface area contributed by atoms with E-state index in [-0.39, 0.29) is 5.91 Å². The zero-order valence-electron chi connectivity index (χ0n) is 20.1. The molecule has 0 spiro atoms. The van der Waals surface area contributed by atoms with Crippen LogP contribution in [-0.2, 0) is 4.79 Å². The number of benzene rings is 1. The lowest BCUT2D eigenvalue weighted by Crippen LogP contribution is -2.30. The van der Waals surface area contributed by atoms with Crippen LogP contribution in [0.25, 0.3) is 22.4 Å². The molecule has 1 fully saturated rings. The molecule has 4 heterocycles. The number of carbonyl (C=O) groups excluding carboxylic acids is 1. The summed E-state index contributed by atoms with van der Waals surface area (Å²) >= 11 is 0. The van der Waals surface area contributed by atoms with Crippen LogP contribution < -0.4 is 16.0 Å². The van der Waals surface area contributed by atoms with E-state index in [0.29, 0.717) is 23.8 Å². The highest BCUT2D eigenvalue weighted by molar-refractivity contribution is 5.93. The molecule has 1 saturated heterocycles. The number of amides is 1. The monoisotopic (exact) mass is 512 g/mol. The van der Waals surface area contributed by atoms with Gasteiger partial charge in [0.1, 0.15) is 23.4 Å². The van der Waals surface area contributed by atoms with Gasteiger partial charge in [-0.2, -0.15) is 13.2 Å². The maximum atomic E-state index is 12.6. The van der Waals surface area contributed by atoms with Crippen molar-refractivity contribution in [3.8, 4) is 11.3 Å². The standard InChI is InChI=1S/C24H26N8O.CHF3/c1-15-4-5-17(31-20(33)11-16-6-9-25-10-7-16)12-19(15)32-23-18(3-2-8-26-23)21-22-24(29-13-27-21)30-14-28-22;2-1(3)4/h2-5,8,12-14,16,25H,6-7,9-11H2,1H3,(H,26,32)(H,31,33)(H,27,28,29,30);1H. The SMILES string of the molecule is Cc1ccc(NC(=O)CC2CCNCC2)cc1Nc1ncccc1-c1ncnc2nc[nH]c12.FC(F)F. The summed E-state index contributed by atoms with van der Waals surface area (Å²) in [5.74, 6) is 1.16. The third-order valence-corrected chi connectivity index (χ3v) is 5.99. The Kier molecular flexibility index (Phi) is 8.62. The van der Waals surface area contributed by atoms with Crippen molar-refractivity contribution >= 4 is 34.3 Å². The topological polar surface area (TPSA) is 121 Å². The zero-order chi connectivity index (χ0) is 26.2. The number of alkyl halides is 3. The molecular formula is C25H27F3N8O. The summed E-state index contributed by atoms with van der Waals surface area (Å²) in [6.45, 7) is 0.323. The molecule has 1 aliphatic heterocycles. The molecule has 0 atom stereocenters. The molecule has 1 aromatic carbocycles. The second kappa shape index (κ2) is 12.3. The predicted octanol–water partition coefficient (Wildman–Crippen LogP) is 4.97. The number of imidazole rings is 1. The van der Waals surface area contributed by atoms with Gasteiger partial charge in [-0.15, -0.1) is 0 Å². The molecule has 1 amide bonds. The first-order valence-corrected chi connectivity index (χ1v) is 11.8. The van der Waals surface area contributed by atoms with Crippen LogP contribution in [-0.4, -0.2) is 50.6 Å². The smallest absolute Gasteiger partial charge is 0.341 e. The lowest BCUT2D eigenvalue weighted by molar-refractivity contribution is -0.117. The minimum Gasteiger partial charge on any atom is -0.341 e. The second-order valence-corrected chi connectivity index (χ2v) is 8.57. The molecule has 0 bridgehead atoms. The normalized spacial score (nSPS) is 13.8. The van der Waals surface area contributed by atoms with Crippen molar-refractivity contribution in [3.63, 3.8) is 0 Å². The number of carbonyl (C=O) groups is 1. The van der Waals surface area contributed by atoms with Gasteiger partial charge in [0.05, 0.1) is 6.33 Å². The average Bonchev–Trinajstić information content (AvgIpc) is 3.36. The largest absolute Gasteiger partial charge is 0.379 e.